The predicted molar refractivity (Wildman–Crippen MR) is 94.1 cm³/mol. The molecule has 3 rings (SSSR count). The highest BCUT2D eigenvalue weighted by molar-refractivity contribution is 7.08. The summed E-state index contributed by atoms with van der Waals surface area (Å²) in [5, 5.41) is 7.39. The second-order valence-electron chi connectivity index (χ2n) is 4.88. The summed E-state index contributed by atoms with van der Waals surface area (Å²) in [6, 6.07) is 8.83. The Bertz CT molecular complexity index is 807. The van der Waals surface area contributed by atoms with Crippen molar-refractivity contribution in [3.05, 3.63) is 64.2 Å². The summed E-state index contributed by atoms with van der Waals surface area (Å²) in [6.45, 7) is 0.220. The van der Waals surface area contributed by atoms with Gasteiger partial charge in [-0.2, -0.15) is 11.3 Å². The van der Waals surface area contributed by atoms with Crippen molar-refractivity contribution in [2.45, 2.75) is 6.54 Å². The fourth-order valence-electron chi connectivity index (χ4n) is 2.05. The number of benzene rings is 1. The fraction of sp³-hybridized carbons (Fsp3) is 0.118. The van der Waals surface area contributed by atoms with E-state index in [0.29, 0.717) is 17.3 Å². The minimum absolute atomic E-state index is 0.0737. The number of hydrogen-bond donors (Lipinski definition) is 1. The molecule has 1 N–H and O–H groups in total. The second kappa shape index (κ2) is 7.90. The van der Waals surface area contributed by atoms with Gasteiger partial charge in [-0.3, -0.25) is 14.8 Å². The highest BCUT2D eigenvalue weighted by Crippen LogP contribution is 2.22. The molecule has 0 spiro atoms. The zero-order valence-corrected chi connectivity index (χ0v) is 14.2. The van der Waals surface area contributed by atoms with E-state index in [2.05, 4.69) is 15.3 Å². The smallest absolute Gasteiger partial charge is 0.258 e. The van der Waals surface area contributed by atoms with Crippen molar-refractivity contribution in [1.82, 2.24) is 15.3 Å². The Morgan fingerprint density at radius 1 is 1.17 bits per heavy atom. The first kappa shape index (κ1) is 16.4. The Balaban J connectivity index is 1.56. The number of carbonyl (C=O) groups is 1. The number of halogens is 1. The SMILES string of the molecule is O=C(COc1ccc(Cl)cc1)NCc1nccnc1-c1ccsc1. The molecule has 0 aliphatic carbocycles. The van der Waals surface area contributed by atoms with Crippen LogP contribution in [0, 0.1) is 0 Å². The first-order valence-corrected chi connectivity index (χ1v) is 8.52. The molecule has 0 unspecified atom stereocenters. The highest BCUT2D eigenvalue weighted by Gasteiger charge is 2.10. The molecule has 0 aliphatic rings. The number of ether oxygens (including phenoxy) is 1. The average molecular weight is 360 g/mol. The van der Waals surface area contributed by atoms with Crippen molar-refractivity contribution >= 4 is 28.8 Å². The quantitative estimate of drug-likeness (QED) is 0.731. The van der Waals surface area contributed by atoms with Crippen LogP contribution in [0.3, 0.4) is 0 Å². The zero-order chi connectivity index (χ0) is 16.8. The van der Waals surface area contributed by atoms with Crippen molar-refractivity contribution in [2.75, 3.05) is 6.61 Å². The third kappa shape index (κ3) is 4.31. The van der Waals surface area contributed by atoms with E-state index >= 15 is 0 Å². The number of aromatic nitrogens is 2. The normalized spacial score (nSPS) is 10.4. The Hall–Kier alpha value is -2.44. The lowest BCUT2D eigenvalue weighted by Gasteiger charge is -2.09. The first-order valence-electron chi connectivity index (χ1n) is 7.20. The van der Waals surface area contributed by atoms with Gasteiger partial charge in [0.05, 0.1) is 17.9 Å². The van der Waals surface area contributed by atoms with Crippen molar-refractivity contribution < 1.29 is 9.53 Å². The number of nitrogens with one attached hydrogen (secondary N) is 1. The Morgan fingerprint density at radius 2 is 1.96 bits per heavy atom. The third-order valence-corrected chi connectivity index (χ3v) is 4.14. The van der Waals surface area contributed by atoms with Gasteiger partial charge in [-0.15, -0.1) is 0 Å². The molecule has 2 heterocycles. The fourth-order valence-corrected chi connectivity index (χ4v) is 2.82. The molecular weight excluding hydrogens is 346 g/mol. The number of thiophene rings is 1. The molecule has 3 aromatic rings. The minimum Gasteiger partial charge on any atom is -0.484 e. The maximum atomic E-state index is 11.9. The van der Waals surface area contributed by atoms with Crippen LogP contribution in [0.4, 0.5) is 0 Å². The third-order valence-electron chi connectivity index (χ3n) is 3.21. The van der Waals surface area contributed by atoms with Crippen molar-refractivity contribution in [1.29, 1.82) is 0 Å². The average Bonchev–Trinajstić information content (AvgIpc) is 3.14. The lowest BCUT2D eigenvalue weighted by molar-refractivity contribution is -0.123. The molecule has 0 saturated heterocycles. The number of amides is 1. The Kier molecular flexibility index (Phi) is 5.40. The molecule has 122 valence electrons. The van der Waals surface area contributed by atoms with E-state index in [0.717, 1.165) is 17.0 Å². The maximum Gasteiger partial charge on any atom is 0.258 e. The van der Waals surface area contributed by atoms with E-state index in [-0.39, 0.29) is 12.5 Å². The summed E-state index contributed by atoms with van der Waals surface area (Å²) in [6.07, 6.45) is 3.25. The van der Waals surface area contributed by atoms with Crippen LogP contribution >= 0.6 is 22.9 Å². The van der Waals surface area contributed by atoms with Gasteiger partial charge in [-0.1, -0.05) is 11.6 Å². The van der Waals surface area contributed by atoms with Crippen molar-refractivity contribution in [2.24, 2.45) is 0 Å². The zero-order valence-electron chi connectivity index (χ0n) is 12.6. The number of rotatable bonds is 6. The van der Waals surface area contributed by atoms with Crippen LogP contribution in [-0.4, -0.2) is 22.5 Å². The van der Waals surface area contributed by atoms with Crippen molar-refractivity contribution in [3.63, 3.8) is 0 Å². The van der Waals surface area contributed by atoms with Gasteiger partial charge in [0.1, 0.15) is 5.75 Å². The van der Waals surface area contributed by atoms with Gasteiger partial charge in [0, 0.05) is 28.4 Å². The maximum absolute atomic E-state index is 11.9. The summed E-state index contributed by atoms with van der Waals surface area (Å²) in [5.74, 6) is 0.361. The van der Waals surface area contributed by atoms with Gasteiger partial charge < -0.3 is 10.1 Å². The lowest BCUT2D eigenvalue weighted by Crippen LogP contribution is -2.29. The molecule has 0 radical (unpaired) electrons. The first-order chi connectivity index (χ1) is 11.7. The van der Waals surface area contributed by atoms with E-state index in [9.17, 15) is 4.79 Å². The van der Waals surface area contributed by atoms with Crippen LogP contribution in [0.2, 0.25) is 5.02 Å². The molecule has 7 heteroatoms. The van der Waals surface area contributed by atoms with Gasteiger partial charge in [-0.25, -0.2) is 0 Å². The topological polar surface area (TPSA) is 64.1 Å². The van der Waals surface area contributed by atoms with Gasteiger partial charge in [0.15, 0.2) is 6.61 Å². The van der Waals surface area contributed by atoms with Gasteiger partial charge >= 0.3 is 0 Å². The highest BCUT2D eigenvalue weighted by atomic mass is 35.5. The molecule has 5 nitrogen and oxygen atoms in total. The van der Waals surface area contributed by atoms with Crippen LogP contribution in [0.1, 0.15) is 5.69 Å². The molecule has 0 saturated carbocycles. The van der Waals surface area contributed by atoms with Gasteiger partial charge in [-0.05, 0) is 35.7 Å². The van der Waals surface area contributed by atoms with Gasteiger partial charge in [0.25, 0.3) is 5.91 Å². The van der Waals surface area contributed by atoms with E-state index in [1.807, 2.05) is 16.8 Å². The molecule has 2 aromatic heterocycles. The van der Waals surface area contributed by atoms with Crippen LogP contribution < -0.4 is 10.1 Å². The Morgan fingerprint density at radius 3 is 2.71 bits per heavy atom. The monoisotopic (exact) mass is 359 g/mol. The van der Waals surface area contributed by atoms with E-state index in [4.69, 9.17) is 16.3 Å². The van der Waals surface area contributed by atoms with E-state index < -0.39 is 0 Å². The Labute approximate surface area is 148 Å². The molecule has 1 amide bonds. The standard InChI is InChI=1S/C17H14ClN3O2S/c18-13-1-3-14(4-2-13)23-10-16(22)21-9-15-17(20-7-6-19-15)12-5-8-24-11-12/h1-8,11H,9-10H2,(H,21,22). The molecule has 0 aliphatic heterocycles. The summed E-state index contributed by atoms with van der Waals surface area (Å²) in [4.78, 5) is 20.6. The molecular formula is C17H14ClN3O2S. The second-order valence-corrected chi connectivity index (χ2v) is 6.10. The molecule has 24 heavy (non-hydrogen) atoms. The number of hydrogen-bond acceptors (Lipinski definition) is 5. The lowest BCUT2D eigenvalue weighted by atomic mass is 10.2. The number of carbonyl (C=O) groups excluding carboxylic acids is 1. The van der Waals surface area contributed by atoms with E-state index in [1.165, 1.54) is 0 Å². The minimum atomic E-state index is -0.230. The molecule has 0 bridgehead atoms. The summed E-state index contributed by atoms with van der Waals surface area (Å²) in [7, 11) is 0. The predicted octanol–water partition coefficient (Wildman–Crippen LogP) is 3.55. The molecule has 0 fully saturated rings. The summed E-state index contributed by atoms with van der Waals surface area (Å²) in [5.41, 5.74) is 2.49. The number of nitrogens with zero attached hydrogens (tertiary/aromatic N) is 2. The van der Waals surface area contributed by atoms with Crippen LogP contribution in [-0.2, 0) is 11.3 Å². The van der Waals surface area contributed by atoms with Crippen molar-refractivity contribution in [3.8, 4) is 17.0 Å². The van der Waals surface area contributed by atoms with E-state index in [1.54, 1.807) is 48.0 Å². The largest absolute Gasteiger partial charge is 0.484 e. The summed E-state index contributed by atoms with van der Waals surface area (Å²) < 4.78 is 5.41. The van der Waals surface area contributed by atoms with Crippen LogP contribution in [0.25, 0.3) is 11.3 Å². The molecule has 1 aromatic carbocycles. The van der Waals surface area contributed by atoms with Crippen LogP contribution in [0.5, 0.6) is 5.75 Å². The van der Waals surface area contributed by atoms with Gasteiger partial charge in [0.2, 0.25) is 0 Å². The van der Waals surface area contributed by atoms with Crippen LogP contribution in [0.15, 0.2) is 53.5 Å². The summed E-state index contributed by atoms with van der Waals surface area (Å²) >= 11 is 7.39. The molecule has 0 atom stereocenters.